The molecule has 0 atom stereocenters. The average molecular weight is 371 g/mol. The fraction of sp³-hybridized carbons (Fsp3) is 0.400. The standard InChI is InChI=1S/C15H19ClN4OS2/c1-9(2)7-17-14-19-20-15(23-14)22-8-13(21)18-12-5-4-11(16)6-10(12)3/h4-6,9H,7-8H2,1-3H3,(H,17,19)(H,18,21). The van der Waals surface area contributed by atoms with Crippen LogP contribution in [-0.4, -0.2) is 28.4 Å². The Morgan fingerprint density at radius 2 is 2.17 bits per heavy atom. The Morgan fingerprint density at radius 1 is 1.39 bits per heavy atom. The maximum Gasteiger partial charge on any atom is 0.234 e. The van der Waals surface area contributed by atoms with Crippen LogP contribution in [0.5, 0.6) is 0 Å². The lowest BCUT2D eigenvalue weighted by atomic mass is 10.2. The van der Waals surface area contributed by atoms with Crippen LogP contribution in [0.25, 0.3) is 0 Å². The number of carbonyl (C=O) groups excluding carboxylic acids is 1. The Labute approximate surface area is 149 Å². The SMILES string of the molecule is Cc1cc(Cl)ccc1NC(=O)CSc1nnc(NCC(C)C)s1. The number of amides is 1. The van der Waals surface area contributed by atoms with Gasteiger partial charge in [-0.3, -0.25) is 4.79 Å². The maximum atomic E-state index is 12.0. The third kappa shape index (κ3) is 6.01. The predicted molar refractivity (Wildman–Crippen MR) is 98.8 cm³/mol. The number of rotatable bonds is 7. The molecule has 5 nitrogen and oxygen atoms in total. The van der Waals surface area contributed by atoms with Crippen LogP contribution < -0.4 is 10.6 Å². The first-order valence-corrected chi connectivity index (χ1v) is 9.38. The van der Waals surface area contributed by atoms with Crippen molar-refractivity contribution in [3.63, 3.8) is 0 Å². The molecule has 0 unspecified atom stereocenters. The lowest BCUT2D eigenvalue weighted by molar-refractivity contribution is -0.113. The Hall–Kier alpha value is -1.31. The molecule has 23 heavy (non-hydrogen) atoms. The fourth-order valence-electron chi connectivity index (χ4n) is 1.71. The predicted octanol–water partition coefficient (Wildman–Crippen LogP) is 4.30. The minimum atomic E-state index is -0.0766. The van der Waals surface area contributed by atoms with E-state index in [-0.39, 0.29) is 5.91 Å². The van der Waals surface area contributed by atoms with E-state index in [2.05, 4.69) is 34.7 Å². The summed E-state index contributed by atoms with van der Waals surface area (Å²) < 4.78 is 0.777. The van der Waals surface area contributed by atoms with Crippen molar-refractivity contribution in [1.82, 2.24) is 10.2 Å². The third-order valence-corrected chi connectivity index (χ3v) is 5.11. The lowest BCUT2D eigenvalue weighted by Gasteiger charge is -2.07. The van der Waals surface area contributed by atoms with Gasteiger partial charge in [0.15, 0.2) is 4.34 Å². The highest BCUT2D eigenvalue weighted by molar-refractivity contribution is 8.01. The smallest absolute Gasteiger partial charge is 0.234 e. The van der Waals surface area contributed by atoms with Crippen molar-refractivity contribution >= 4 is 51.4 Å². The van der Waals surface area contributed by atoms with Crippen molar-refractivity contribution in [3.05, 3.63) is 28.8 Å². The van der Waals surface area contributed by atoms with Crippen LogP contribution in [-0.2, 0) is 4.79 Å². The van der Waals surface area contributed by atoms with E-state index in [1.54, 1.807) is 12.1 Å². The molecule has 1 heterocycles. The monoisotopic (exact) mass is 370 g/mol. The van der Waals surface area contributed by atoms with Crippen molar-refractivity contribution < 1.29 is 4.79 Å². The number of anilines is 2. The van der Waals surface area contributed by atoms with E-state index in [4.69, 9.17) is 11.6 Å². The zero-order chi connectivity index (χ0) is 16.8. The second-order valence-corrected chi connectivity index (χ2v) is 8.08. The van der Waals surface area contributed by atoms with Gasteiger partial charge < -0.3 is 10.6 Å². The van der Waals surface area contributed by atoms with Crippen LogP contribution in [0.1, 0.15) is 19.4 Å². The highest BCUT2D eigenvalue weighted by atomic mass is 35.5. The average Bonchev–Trinajstić information content (AvgIpc) is 2.94. The quantitative estimate of drug-likeness (QED) is 0.711. The van der Waals surface area contributed by atoms with Gasteiger partial charge in [0.05, 0.1) is 5.75 Å². The van der Waals surface area contributed by atoms with E-state index in [1.165, 1.54) is 23.1 Å². The van der Waals surface area contributed by atoms with Gasteiger partial charge in [-0.15, -0.1) is 10.2 Å². The van der Waals surface area contributed by atoms with Gasteiger partial charge in [0.25, 0.3) is 0 Å². The minimum absolute atomic E-state index is 0.0766. The van der Waals surface area contributed by atoms with Crippen molar-refractivity contribution in [1.29, 1.82) is 0 Å². The van der Waals surface area contributed by atoms with Gasteiger partial charge in [-0.25, -0.2) is 0 Å². The van der Waals surface area contributed by atoms with Crippen LogP contribution in [0.15, 0.2) is 22.5 Å². The molecule has 0 spiro atoms. The first-order chi connectivity index (χ1) is 10.9. The van der Waals surface area contributed by atoms with Crippen LogP contribution in [0.3, 0.4) is 0 Å². The molecule has 0 fully saturated rings. The molecule has 8 heteroatoms. The molecule has 0 bridgehead atoms. The zero-order valence-electron chi connectivity index (χ0n) is 13.2. The third-order valence-electron chi connectivity index (χ3n) is 2.86. The highest BCUT2D eigenvalue weighted by Gasteiger charge is 2.10. The van der Waals surface area contributed by atoms with E-state index in [9.17, 15) is 4.79 Å². The van der Waals surface area contributed by atoms with Crippen molar-refractivity contribution in [2.75, 3.05) is 22.9 Å². The summed E-state index contributed by atoms with van der Waals surface area (Å²) in [5.41, 5.74) is 1.71. The molecule has 2 rings (SSSR count). The number of benzene rings is 1. The van der Waals surface area contributed by atoms with Gasteiger partial charge >= 0.3 is 0 Å². The first-order valence-electron chi connectivity index (χ1n) is 7.20. The fourth-order valence-corrected chi connectivity index (χ4v) is 3.50. The molecular weight excluding hydrogens is 352 g/mol. The number of aryl methyl sites for hydroxylation is 1. The van der Waals surface area contributed by atoms with Gasteiger partial charge in [-0.1, -0.05) is 48.5 Å². The molecule has 1 aromatic carbocycles. The number of thioether (sulfide) groups is 1. The number of halogens is 1. The molecule has 0 aliphatic carbocycles. The summed E-state index contributed by atoms with van der Waals surface area (Å²) in [6.45, 7) is 7.03. The van der Waals surface area contributed by atoms with Crippen molar-refractivity contribution in [2.24, 2.45) is 5.92 Å². The number of aromatic nitrogens is 2. The van der Waals surface area contributed by atoms with E-state index < -0.39 is 0 Å². The molecule has 124 valence electrons. The molecule has 2 aromatic rings. The Morgan fingerprint density at radius 3 is 2.87 bits per heavy atom. The summed E-state index contributed by atoms with van der Waals surface area (Å²) in [7, 11) is 0. The summed E-state index contributed by atoms with van der Waals surface area (Å²) in [6.07, 6.45) is 0. The van der Waals surface area contributed by atoms with Gasteiger partial charge in [0.1, 0.15) is 0 Å². The molecule has 0 aliphatic heterocycles. The molecule has 0 aliphatic rings. The topological polar surface area (TPSA) is 66.9 Å². The minimum Gasteiger partial charge on any atom is -0.360 e. The molecule has 0 saturated carbocycles. The number of hydrogen-bond acceptors (Lipinski definition) is 6. The van der Waals surface area contributed by atoms with Crippen LogP contribution >= 0.6 is 34.7 Å². The normalized spacial score (nSPS) is 10.8. The first kappa shape index (κ1) is 18.0. The molecule has 2 N–H and O–H groups in total. The summed E-state index contributed by atoms with van der Waals surface area (Å²) in [5, 5.41) is 15.7. The lowest BCUT2D eigenvalue weighted by Crippen LogP contribution is -2.14. The number of hydrogen-bond donors (Lipinski definition) is 2. The van der Waals surface area contributed by atoms with Gasteiger partial charge in [0, 0.05) is 17.3 Å². The number of carbonyl (C=O) groups is 1. The van der Waals surface area contributed by atoms with Crippen LogP contribution in [0.2, 0.25) is 5.02 Å². The summed E-state index contributed by atoms with van der Waals surface area (Å²) >= 11 is 8.74. The van der Waals surface area contributed by atoms with Crippen molar-refractivity contribution in [2.45, 2.75) is 25.1 Å². The highest BCUT2D eigenvalue weighted by Crippen LogP contribution is 2.26. The van der Waals surface area contributed by atoms with E-state index in [1.807, 2.05) is 13.0 Å². The second kappa shape index (κ2) is 8.52. The zero-order valence-corrected chi connectivity index (χ0v) is 15.6. The van der Waals surface area contributed by atoms with Gasteiger partial charge in [-0.05, 0) is 36.6 Å². The molecular formula is C15H19ClN4OS2. The van der Waals surface area contributed by atoms with Gasteiger partial charge in [0.2, 0.25) is 11.0 Å². The van der Waals surface area contributed by atoms with E-state index in [0.29, 0.717) is 16.7 Å². The van der Waals surface area contributed by atoms with Gasteiger partial charge in [-0.2, -0.15) is 0 Å². The Balaban J connectivity index is 1.82. The summed E-state index contributed by atoms with van der Waals surface area (Å²) in [4.78, 5) is 12.0. The Bertz CT molecular complexity index is 675. The summed E-state index contributed by atoms with van der Waals surface area (Å²) in [6, 6.07) is 5.38. The van der Waals surface area contributed by atoms with E-state index in [0.717, 1.165) is 27.3 Å². The van der Waals surface area contributed by atoms with Crippen LogP contribution in [0, 0.1) is 12.8 Å². The number of nitrogens with zero attached hydrogens (tertiary/aromatic N) is 2. The largest absolute Gasteiger partial charge is 0.360 e. The molecule has 1 amide bonds. The van der Waals surface area contributed by atoms with Crippen LogP contribution in [0.4, 0.5) is 10.8 Å². The second-order valence-electron chi connectivity index (χ2n) is 5.44. The number of nitrogens with one attached hydrogen (secondary N) is 2. The molecule has 0 saturated heterocycles. The maximum absolute atomic E-state index is 12.0. The Kier molecular flexibility index (Phi) is 6.68. The van der Waals surface area contributed by atoms with E-state index >= 15 is 0 Å². The molecule has 0 radical (unpaired) electrons. The summed E-state index contributed by atoms with van der Waals surface area (Å²) in [5.74, 6) is 0.761. The molecule has 1 aromatic heterocycles. The van der Waals surface area contributed by atoms with Crippen molar-refractivity contribution in [3.8, 4) is 0 Å².